The third-order valence-corrected chi connectivity index (χ3v) is 2.92. The van der Waals surface area contributed by atoms with Gasteiger partial charge in [-0.15, -0.1) is 0 Å². The molecule has 3 rings (SSSR count). The van der Waals surface area contributed by atoms with Crippen LogP contribution in [0.15, 0.2) is 57.0 Å². The number of hydrogen-bond acceptors (Lipinski definition) is 5. The van der Waals surface area contributed by atoms with Gasteiger partial charge < -0.3 is 9.40 Å². The second-order valence-corrected chi connectivity index (χ2v) is 4.52. The zero-order chi connectivity index (χ0) is 15.4. The maximum Gasteiger partial charge on any atom is 0.270 e. The fourth-order valence-electron chi connectivity index (χ4n) is 1.91. The second kappa shape index (κ2) is 6.04. The molecule has 2 aromatic heterocycles. The Hall–Kier alpha value is -3.22. The number of aromatic amines is 1. The standard InChI is InChI=1S/C15H12N4O3/c20-14(19-16-9-10-4-3-7-22-10)8-13-15(21)18-12-6-2-1-5-11(12)17-13/h1-7,9H,8H2,(H,18,21)(H,19,20)/b16-9+. The summed E-state index contributed by atoms with van der Waals surface area (Å²) in [5, 5.41) is 3.74. The van der Waals surface area contributed by atoms with Gasteiger partial charge in [-0.1, -0.05) is 12.1 Å². The number of hydrogen-bond donors (Lipinski definition) is 2. The first-order valence-electron chi connectivity index (χ1n) is 6.56. The van der Waals surface area contributed by atoms with Gasteiger partial charge >= 0.3 is 0 Å². The first-order chi connectivity index (χ1) is 10.7. The predicted octanol–water partition coefficient (Wildman–Crippen LogP) is 1.21. The highest BCUT2D eigenvalue weighted by Crippen LogP contribution is 2.06. The Morgan fingerprint density at radius 1 is 1.32 bits per heavy atom. The Balaban J connectivity index is 1.71. The largest absolute Gasteiger partial charge is 0.463 e. The van der Waals surface area contributed by atoms with Gasteiger partial charge in [-0.2, -0.15) is 5.10 Å². The van der Waals surface area contributed by atoms with E-state index in [1.807, 2.05) is 6.07 Å². The average molecular weight is 296 g/mol. The summed E-state index contributed by atoms with van der Waals surface area (Å²) in [7, 11) is 0. The number of nitrogens with one attached hydrogen (secondary N) is 2. The van der Waals surface area contributed by atoms with Crippen LogP contribution in [-0.2, 0) is 11.2 Å². The quantitative estimate of drug-likeness (QED) is 0.558. The van der Waals surface area contributed by atoms with Crippen molar-refractivity contribution in [2.75, 3.05) is 0 Å². The summed E-state index contributed by atoms with van der Waals surface area (Å²) >= 11 is 0. The van der Waals surface area contributed by atoms with Gasteiger partial charge in [0.2, 0.25) is 5.91 Å². The topological polar surface area (TPSA) is 100 Å². The molecule has 0 bridgehead atoms. The van der Waals surface area contributed by atoms with Crippen molar-refractivity contribution < 1.29 is 9.21 Å². The van der Waals surface area contributed by atoms with E-state index in [9.17, 15) is 9.59 Å². The number of para-hydroxylation sites is 2. The Kier molecular flexibility index (Phi) is 3.78. The molecular formula is C15H12N4O3. The van der Waals surface area contributed by atoms with E-state index in [2.05, 4.69) is 20.5 Å². The molecule has 0 aliphatic heterocycles. The van der Waals surface area contributed by atoms with Crippen LogP contribution in [0.5, 0.6) is 0 Å². The van der Waals surface area contributed by atoms with Crippen molar-refractivity contribution in [2.24, 2.45) is 5.10 Å². The average Bonchev–Trinajstić information content (AvgIpc) is 3.01. The number of hydrazone groups is 1. The number of amides is 1. The van der Waals surface area contributed by atoms with Gasteiger partial charge in [-0.3, -0.25) is 9.59 Å². The molecular weight excluding hydrogens is 284 g/mol. The molecule has 0 aliphatic rings. The van der Waals surface area contributed by atoms with E-state index in [-0.39, 0.29) is 17.7 Å². The monoisotopic (exact) mass is 296 g/mol. The lowest BCUT2D eigenvalue weighted by Gasteiger charge is -2.01. The Morgan fingerprint density at radius 3 is 3.00 bits per heavy atom. The van der Waals surface area contributed by atoms with Gasteiger partial charge in [-0.05, 0) is 24.3 Å². The van der Waals surface area contributed by atoms with Crippen LogP contribution in [0.3, 0.4) is 0 Å². The highest BCUT2D eigenvalue weighted by atomic mass is 16.3. The van der Waals surface area contributed by atoms with Gasteiger partial charge in [0.15, 0.2) is 0 Å². The number of benzene rings is 1. The minimum Gasteiger partial charge on any atom is -0.463 e. The molecule has 0 fully saturated rings. The molecule has 1 amide bonds. The van der Waals surface area contributed by atoms with Gasteiger partial charge in [-0.25, -0.2) is 10.4 Å². The highest BCUT2D eigenvalue weighted by molar-refractivity contribution is 5.82. The number of fused-ring (bicyclic) bond motifs is 1. The van der Waals surface area contributed by atoms with Crippen molar-refractivity contribution in [3.05, 3.63) is 64.5 Å². The third-order valence-electron chi connectivity index (χ3n) is 2.92. The molecule has 0 atom stereocenters. The molecule has 7 heteroatoms. The molecule has 2 N–H and O–H groups in total. The van der Waals surface area contributed by atoms with Crippen LogP contribution in [0.25, 0.3) is 11.0 Å². The summed E-state index contributed by atoms with van der Waals surface area (Å²) in [6, 6.07) is 10.5. The zero-order valence-electron chi connectivity index (χ0n) is 11.4. The van der Waals surface area contributed by atoms with Crippen molar-refractivity contribution in [2.45, 2.75) is 6.42 Å². The van der Waals surface area contributed by atoms with Crippen LogP contribution in [0.4, 0.5) is 0 Å². The molecule has 0 aliphatic carbocycles. The normalized spacial score (nSPS) is 11.1. The molecule has 110 valence electrons. The number of carbonyl (C=O) groups excluding carboxylic acids is 1. The summed E-state index contributed by atoms with van der Waals surface area (Å²) < 4.78 is 5.03. The fraction of sp³-hybridized carbons (Fsp3) is 0.0667. The molecule has 0 spiro atoms. The Morgan fingerprint density at radius 2 is 2.18 bits per heavy atom. The summed E-state index contributed by atoms with van der Waals surface area (Å²) in [6.07, 6.45) is 2.72. The third kappa shape index (κ3) is 3.09. The smallest absolute Gasteiger partial charge is 0.270 e. The fourth-order valence-corrected chi connectivity index (χ4v) is 1.91. The minimum atomic E-state index is -0.434. The van der Waals surface area contributed by atoms with Crippen LogP contribution < -0.4 is 11.0 Å². The van der Waals surface area contributed by atoms with E-state index in [0.29, 0.717) is 16.8 Å². The van der Waals surface area contributed by atoms with E-state index in [1.165, 1.54) is 12.5 Å². The van der Waals surface area contributed by atoms with Crippen molar-refractivity contribution in [3.63, 3.8) is 0 Å². The number of furan rings is 1. The van der Waals surface area contributed by atoms with Crippen LogP contribution in [-0.4, -0.2) is 22.1 Å². The Labute approximate surface area is 124 Å². The van der Waals surface area contributed by atoms with Gasteiger partial charge in [0, 0.05) is 0 Å². The molecule has 0 saturated heterocycles. The van der Waals surface area contributed by atoms with Crippen LogP contribution >= 0.6 is 0 Å². The highest BCUT2D eigenvalue weighted by Gasteiger charge is 2.09. The summed E-state index contributed by atoms with van der Waals surface area (Å²) in [5.74, 6) is 0.0815. The lowest BCUT2D eigenvalue weighted by molar-refractivity contribution is -0.120. The van der Waals surface area contributed by atoms with Crippen molar-refractivity contribution in [1.82, 2.24) is 15.4 Å². The summed E-state index contributed by atoms with van der Waals surface area (Å²) in [5.41, 5.74) is 3.34. The lowest BCUT2D eigenvalue weighted by Crippen LogP contribution is -2.25. The molecule has 0 saturated carbocycles. The number of nitrogens with zero attached hydrogens (tertiary/aromatic N) is 2. The van der Waals surface area contributed by atoms with E-state index < -0.39 is 5.91 Å². The summed E-state index contributed by atoms with van der Waals surface area (Å²) in [4.78, 5) is 30.5. The molecule has 22 heavy (non-hydrogen) atoms. The van der Waals surface area contributed by atoms with E-state index in [1.54, 1.807) is 30.3 Å². The van der Waals surface area contributed by atoms with E-state index in [0.717, 1.165) is 0 Å². The van der Waals surface area contributed by atoms with E-state index >= 15 is 0 Å². The molecule has 0 unspecified atom stereocenters. The SMILES string of the molecule is O=C(Cc1nc2ccccc2[nH]c1=O)N/N=C/c1ccco1. The van der Waals surface area contributed by atoms with Crippen molar-refractivity contribution in [1.29, 1.82) is 0 Å². The number of rotatable bonds is 4. The second-order valence-electron chi connectivity index (χ2n) is 4.52. The zero-order valence-corrected chi connectivity index (χ0v) is 11.4. The van der Waals surface area contributed by atoms with Crippen LogP contribution in [0, 0.1) is 0 Å². The molecule has 3 aromatic rings. The van der Waals surface area contributed by atoms with Gasteiger partial charge in [0.05, 0.1) is 29.9 Å². The number of H-pyrrole nitrogens is 1. The van der Waals surface area contributed by atoms with Crippen molar-refractivity contribution in [3.8, 4) is 0 Å². The molecule has 2 heterocycles. The molecule has 1 aromatic carbocycles. The van der Waals surface area contributed by atoms with Gasteiger partial charge in [0.25, 0.3) is 5.56 Å². The lowest BCUT2D eigenvalue weighted by atomic mass is 10.2. The first-order valence-corrected chi connectivity index (χ1v) is 6.56. The minimum absolute atomic E-state index is 0.143. The summed E-state index contributed by atoms with van der Waals surface area (Å²) in [6.45, 7) is 0. The Bertz CT molecular complexity index is 881. The maximum atomic E-state index is 11.9. The van der Waals surface area contributed by atoms with Crippen molar-refractivity contribution >= 4 is 23.2 Å². The number of carbonyl (C=O) groups is 1. The van der Waals surface area contributed by atoms with Crippen LogP contribution in [0.1, 0.15) is 11.5 Å². The van der Waals surface area contributed by atoms with Crippen LogP contribution in [0.2, 0.25) is 0 Å². The first kappa shape index (κ1) is 13.7. The maximum absolute atomic E-state index is 11.9. The molecule has 0 radical (unpaired) electrons. The molecule has 7 nitrogen and oxygen atoms in total. The predicted molar refractivity (Wildman–Crippen MR) is 80.5 cm³/mol. The number of aromatic nitrogens is 2. The van der Waals surface area contributed by atoms with Gasteiger partial charge in [0.1, 0.15) is 11.5 Å². The van der Waals surface area contributed by atoms with E-state index in [4.69, 9.17) is 4.42 Å².